The number of hydrogen-bond donors (Lipinski definition) is 0. The lowest BCUT2D eigenvalue weighted by Gasteiger charge is -2.52. The van der Waals surface area contributed by atoms with Crippen LogP contribution in [0.5, 0.6) is 0 Å². The summed E-state index contributed by atoms with van der Waals surface area (Å²) in [6, 6.07) is 90.4. The molecule has 11 aromatic carbocycles. The van der Waals surface area contributed by atoms with E-state index in [1.165, 1.54) is 122 Å². The van der Waals surface area contributed by atoms with Crippen LogP contribution in [0.15, 0.2) is 237 Å². The summed E-state index contributed by atoms with van der Waals surface area (Å²) in [7, 11) is 0. The molecule has 0 atom stereocenters. The first-order valence-electron chi connectivity index (χ1n) is 28.7. The SMILES string of the molecule is Cc1cc(C)c(-c2cc3c4c(c2)N2c5ccc6ccccc6c5C(c5ccccc5)(c5ccccc5)c5cccc(c52)B4N(c2ccc4c(c2)C(C)(C)CCC4(C)C)c2ccc(N(c4ccccc4)c4ccccc4)cc2-3)c(C)c1. The smallest absolute Gasteiger partial charge is 0.333 e. The van der Waals surface area contributed by atoms with Crippen molar-refractivity contribution in [3.63, 3.8) is 0 Å². The van der Waals surface area contributed by atoms with Crippen molar-refractivity contribution in [1.29, 1.82) is 0 Å². The first kappa shape index (κ1) is 48.3. The molecule has 4 aliphatic rings. The number of hydrogen-bond acceptors (Lipinski definition) is 3. The highest BCUT2D eigenvalue weighted by atomic mass is 15.2. The molecule has 386 valence electrons. The molecule has 0 N–H and O–H groups in total. The van der Waals surface area contributed by atoms with Crippen LogP contribution in [0.25, 0.3) is 33.0 Å². The van der Waals surface area contributed by atoms with Gasteiger partial charge in [-0.05, 0) is 195 Å². The maximum absolute atomic E-state index is 2.75. The van der Waals surface area contributed by atoms with Crippen LogP contribution in [0, 0.1) is 20.8 Å². The minimum absolute atomic E-state index is 0.00363. The molecule has 4 heteroatoms. The molecule has 0 spiro atoms. The number of fused-ring (bicyclic) bond motifs is 9. The molecule has 3 nitrogen and oxygen atoms in total. The van der Waals surface area contributed by atoms with Crippen molar-refractivity contribution in [3.8, 4) is 22.3 Å². The molecule has 0 unspecified atom stereocenters. The van der Waals surface area contributed by atoms with Gasteiger partial charge >= 0.3 is 6.85 Å². The van der Waals surface area contributed by atoms with Crippen LogP contribution in [0.3, 0.4) is 0 Å². The maximum atomic E-state index is 2.75. The van der Waals surface area contributed by atoms with Crippen molar-refractivity contribution < 1.29 is 0 Å². The van der Waals surface area contributed by atoms with Crippen molar-refractivity contribution in [2.24, 2.45) is 0 Å². The van der Waals surface area contributed by atoms with Gasteiger partial charge in [-0.3, -0.25) is 0 Å². The molecule has 0 bridgehead atoms. The summed E-state index contributed by atoms with van der Waals surface area (Å²) in [5.41, 5.74) is 28.3. The molecule has 0 aromatic heterocycles. The molecule has 0 saturated heterocycles. The highest BCUT2D eigenvalue weighted by Crippen LogP contribution is 2.61. The normalized spacial score (nSPS) is 15.6. The molecule has 0 saturated carbocycles. The van der Waals surface area contributed by atoms with Gasteiger partial charge in [0.1, 0.15) is 0 Å². The third kappa shape index (κ3) is 7.00. The molecule has 3 aliphatic heterocycles. The van der Waals surface area contributed by atoms with E-state index in [9.17, 15) is 0 Å². The molecule has 11 aromatic rings. The quantitative estimate of drug-likeness (QED) is 0.147. The largest absolute Gasteiger partial charge is 0.376 e. The zero-order valence-corrected chi connectivity index (χ0v) is 46.8. The summed E-state index contributed by atoms with van der Waals surface area (Å²) in [5, 5.41) is 2.48. The number of para-hydroxylation sites is 3. The Morgan fingerprint density at radius 1 is 0.450 bits per heavy atom. The van der Waals surface area contributed by atoms with E-state index in [1.807, 2.05) is 0 Å². The Morgan fingerprint density at radius 3 is 1.71 bits per heavy atom. The van der Waals surface area contributed by atoms with Gasteiger partial charge in [-0.2, -0.15) is 0 Å². The minimum atomic E-state index is -0.686. The third-order valence-corrected chi connectivity index (χ3v) is 18.8. The fraction of sp³-hybridized carbons (Fsp3) is 0.158. The zero-order valence-electron chi connectivity index (χ0n) is 46.8. The number of rotatable bonds is 7. The van der Waals surface area contributed by atoms with Gasteiger partial charge < -0.3 is 14.6 Å². The Bertz CT molecular complexity index is 4190. The van der Waals surface area contributed by atoms with E-state index >= 15 is 0 Å². The topological polar surface area (TPSA) is 9.72 Å². The molecule has 0 fully saturated rings. The van der Waals surface area contributed by atoms with Gasteiger partial charge in [0.25, 0.3) is 0 Å². The van der Waals surface area contributed by atoms with E-state index in [4.69, 9.17) is 0 Å². The average Bonchev–Trinajstić information content (AvgIpc) is 3.47. The fourth-order valence-electron chi connectivity index (χ4n) is 15.2. The van der Waals surface area contributed by atoms with E-state index < -0.39 is 5.41 Å². The number of aryl methyl sites for hydroxylation is 3. The van der Waals surface area contributed by atoms with Gasteiger partial charge in [-0.15, -0.1) is 0 Å². The monoisotopic (exact) mass is 1030 g/mol. The van der Waals surface area contributed by atoms with Gasteiger partial charge in [0.15, 0.2) is 0 Å². The van der Waals surface area contributed by atoms with Crippen LogP contribution < -0.4 is 25.5 Å². The average molecular weight is 1030 g/mol. The van der Waals surface area contributed by atoms with Crippen LogP contribution >= 0.6 is 0 Å². The zero-order chi connectivity index (χ0) is 54.2. The second-order valence-electron chi connectivity index (χ2n) is 24.5. The first-order chi connectivity index (χ1) is 38.9. The lowest BCUT2D eigenvalue weighted by Crippen LogP contribution is -2.62. The number of nitrogens with zero attached hydrogens (tertiary/aromatic N) is 3. The van der Waals surface area contributed by atoms with E-state index in [2.05, 4.69) is 300 Å². The summed E-state index contributed by atoms with van der Waals surface area (Å²) in [4.78, 5) is 7.88. The Hall–Kier alpha value is -8.86. The third-order valence-electron chi connectivity index (χ3n) is 18.8. The van der Waals surface area contributed by atoms with Crippen LogP contribution in [0.2, 0.25) is 0 Å². The maximum Gasteiger partial charge on any atom is 0.333 e. The molecular weight excluding hydrogens is 966 g/mol. The lowest BCUT2D eigenvalue weighted by molar-refractivity contribution is 0.332. The van der Waals surface area contributed by atoms with Crippen molar-refractivity contribution in [3.05, 3.63) is 287 Å². The molecule has 1 aliphatic carbocycles. The van der Waals surface area contributed by atoms with E-state index in [0.29, 0.717) is 0 Å². The summed E-state index contributed by atoms with van der Waals surface area (Å²) in [6.45, 7) is 16.5. The summed E-state index contributed by atoms with van der Waals surface area (Å²) >= 11 is 0. The van der Waals surface area contributed by atoms with E-state index in [-0.39, 0.29) is 17.7 Å². The predicted octanol–water partition coefficient (Wildman–Crippen LogP) is 18.7. The standard InChI is InChI=1S/C76H64BN3/c1-49-43-50(2)70(51(3)44-49)53-45-62-61-47-58(78(56-28-16-10-17-29-56)57-30-18-11-19-31-57)37-40-67(61)80(59-36-38-63-65(48-59)75(6,7)42-41-74(63,4)5)77-66-34-22-33-64-73(66)79(69(46-53)72(62)77)68-39-35-52-23-20-21-32-60(52)71(68)76(64,54-24-12-8-13-25-54)55-26-14-9-15-27-55/h8-40,43-48H,41-42H2,1-7H3. The second-order valence-corrected chi connectivity index (χ2v) is 24.5. The van der Waals surface area contributed by atoms with Crippen LogP contribution in [-0.4, -0.2) is 6.85 Å². The number of anilines is 8. The van der Waals surface area contributed by atoms with Gasteiger partial charge in [0.2, 0.25) is 0 Å². The molecule has 3 heterocycles. The predicted molar refractivity (Wildman–Crippen MR) is 339 cm³/mol. The lowest BCUT2D eigenvalue weighted by atomic mass is 9.42. The Balaban J connectivity index is 1.11. The van der Waals surface area contributed by atoms with Crippen LogP contribution in [0.1, 0.15) is 90.6 Å². The Morgan fingerprint density at radius 2 is 1.05 bits per heavy atom. The highest BCUT2D eigenvalue weighted by Gasteiger charge is 2.54. The molecule has 0 radical (unpaired) electrons. The molecular formula is C76H64BN3. The summed E-state index contributed by atoms with van der Waals surface area (Å²) < 4.78 is 0. The van der Waals surface area contributed by atoms with Crippen LogP contribution in [0.4, 0.5) is 45.5 Å². The van der Waals surface area contributed by atoms with E-state index in [1.54, 1.807) is 0 Å². The van der Waals surface area contributed by atoms with Crippen molar-refractivity contribution in [2.75, 3.05) is 14.6 Å². The Kier molecular flexibility index (Phi) is 10.8. The summed E-state index contributed by atoms with van der Waals surface area (Å²) in [5.74, 6) is 0. The Labute approximate surface area is 472 Å². The highest BCUT2D eigenvalue weighted by molar-refractivity contribution is 6.93. The van der Waals surface area contributed by atoms with E-state index in [0.717, 1.165) is 29.9 Å². The second kappa shape index (κ2) is 17.8. The molecule has 15 rings (SSSR count). The fourth-order valence-corrected chi connectivity index (χ4v) is 15.2. The molecule has 0 amide bonds. The minimum Gasteiger partial charge on any atom is -0.376 e. The van der Waals surface area contributed by atoms with Crippen molar-refractivity contribution >= 4 is 74.0 Å². The van der Waals surface area contributed by atoms with Gasteiger partial charge in [0, 0.05) is 50.9 Å². The van der Waals surface area contributed by atoms with Gasteiger partial charge in [-0.1, -0.05) is 197 Å². The van der Waals surface area contributed by atoms with Gasteiger partial charge in [-0.25, -0.2) is 0 Å². The summed E-state index contributed by atoms with van der Waals surface area (Å²) in [6.07, 6.45) is 2.30. The first-order valence-corrected chi connectivity index (χ1v) is 28.7. The van der Waals surface area contributed by atoms with Crippen molar-refractivity contribution in [2.45, 2.75) is 77.6 Å². The molecule has 80 heavy (non-hydrogen) atoms. The van der Waals surface area contributed by atoms with Gasteiger partial charge in [0.05, 0.1) is 11.1 Å². The van der Waals surface area contributed by atoms with Crippen LogP contribution in [-0.2, 0) is 16.2 Å². The number of benzene rings is 11. The van der Waals surface area contributed by atoms with Crippen molar-refractivity contribution in [1.82, 2.24) is 0 Å².